The second-order valence-electron chi connectivity index (χ2n) is 4.77. The number of hydrogen-bond acceptors (Lipinski definition) is 3. The van der Waals surface area contributed by atoms with Gasteiger partial charge < -0.3 is 14.4 Å². The van der Waals surface area contributed by atoms with E-state index in [1.54, 1.807) is 0 Å². The highest BCUT2D eigenvalue weighted by Gasteiger charge is 2.23. The quantitative estimate of drug-likeness (QED) is 0.781. The van der Waals surface area contributed by atoms with E-state index in [2.05, 4.69) is 7.05 Å². The number of ether oxygens (including phenoxy) is 2. The predicted molar refractivity (Wildman–Crippen MR) is 67.7 cm³/mol. The van der Waals surface area contributed by atoms with Gasteiger partial charge in [-0.05, 0) is 18.6 Å². The van der Waals surface area contributed by atoms with Gasteiger partial charge in [-0.2, -0.15) is 0 Å². The maximum absolute atomic E-state index is 11.6. The topological polar surface area (TPSA) is 40.0 Å². The maximum Gasteiger partial charge on any atom is 0.344 e. The number of quaternary nitrogens is 1. The molecule has 1 N–H and O–H groups in total. The third kappa shape index (κ3) is 4.04. The largest absolute Gasteiger partial charge is 0.482 e. The summed E-state index contributed by atoms with van der Waals surface area (Å²) >= 11 is 0. The third-order valence-corrected chi connectivity index (χ3v) is 3.10. The van der Waals surface area contributed by atoms with Crippen LogP contribution in [0.1, 0.15) is 12.8 Å². The minimum Gasteiger partial charge on any atom is -0.482 e. The predicted octanol–water partition coefficient (Wildman–Crippen LogP) is 0.286. The molecule has 1 aliphatic rings. The molecule has 1 aliphatic heterocycles. The first-order valence-corrected chi connectivity index (χ1v) is 6.42. The van der Waals surface area contributed by atoms with Crippen LogP contribution in [0.3, 0.4) is 0 Å². The SMILES string of the molecule is C[NH+]1CCCC(OC(=O)COc2ccccc2)C1. The molecule has 1 aromatic rings. The molecule has 2 unspecified atom stereocenters. The van der Waals surface area contributed by atoms with E-state index in [1.807, 2.05) is 30.3 Å². The van der Waals surface area contributed by atoms with Crippen LogP contribution in [0.25, 0.3) is 0 Å². The number of carbonyl (C=O) groups excluding carboxylic acids is 1. The van der Waals surface area contributed by atoms with E-state index in [0.29, 0.717) is 5.75 Å². The lowest BCUT2D eigenvalue weighted by Crippen LogP contribution is -3.11. The molecule has 1 fully saturated rings. The first-order valence-electron chi connectivity index (χ1n) is 6.42. The average molecular weight is 250 g/mol. The van der Waals surface area contributed by atoms with Gasteiger partial charge in [0.2, 0.25) is 0 Å². The van der Waals surface area contributed by atoms with Crippen molar-refractivity contribution >= 4 is 5.97 Å². The van der Waals surface area contributed by atoms with Gasteiger partial charge in [0.05, 0.1) is 13.6 Å². The lowest BCUT2D eigenvalue weighted by molar-refractivity contribution is -0.888. The van der Waals surface area contributed by atoms with Crippen molar-refractivity contribution in [3.05, 3.63) is 30.3 Å². The number of likely N-dealkylation sites (N-methyl/N-ethyl adjacent to an activating group) is 1. The Morgan fingerprint density at radius 3 is 2.89 bits per heavy atom. The van der Waals surface area contributed by atoms with Crippen molar-refractivity contribution in [1.82, 2.24) is 0 Å². The van der Waals surface area contributed by atoms with E-state index in [-0.39, 0.29) is 18.7 Å². The van der Waals surface area contributed by atoms with Gasteiger partial charge in [0.1, 0.15) is 12.3 Å². The van der Waals surface area contributed by atoms with Gasteiger partial charge in [0.15, 0.2) is 12.7 Å². The number of rotatable bonds is 4. The van der Waals surface area contributed by atoms with Crippen molar-refractivity contribution in [2.45, 2.75) is 18.9 Å². The lowest BCUT2D eigenvalue weighted by atomic mass is 10.1. The van der Waals surface area contributed by atoms with E-state index in [0.717, 1.165) is 25.9 Å². The second kappa shape index (κ2) is 6.40. The molecule has 0 amide bonds. The summed E-state index contributed by atoms with van der Waals surface area (Å²) in [5.41, 5.74) is 0. The molecule has 4 nitrogen and oxygen atoms in total. The molecule has 0 saturated carbocycles. The molecule has 1 heterocycles. The van der Waals surface area contributed by atoms with Crippen molar-refractivity contribution in [3.63, 3.8) is 0 Å². The maximum atomic E-state index is 11.6. The van der Waals surface area contributed by atoms with E-state index < -0.39 is 0 Å². The Morgan fingerprint density at radius 1 is 1.39 bits per heavy atom. The van der Waals surface area contributed by atoms with Crippen molar-refractivity contribution < 1.29 is 19.2 Å². The van der Waals surface area contributed by atoms with E-state index >= 15 is 0 Å². The smallest absolute Gasteiger partial charge is 0.344 e. The summed E-state index contributed by atoms with van der Waals surface area (Å²) in [4.78, 5) is 13.1. The van der Waals surface area contributed by atoms with Crippen LogP contribution in [-0.4, -0.2) is 38.8 Å². The molecule has 0 bridgehead atoms. The highest BCUT2D eigenvalue weighted by atomic mass is 16.6. The monoisotopic (exact) mass is 250 g/mol. The van der Waals surface area contributed by atoms with Crippen LogP contribution in [0, 0.1) is 0 Å². The van der Waals surface area contributed by atoms with Gasteiger partial charge in [-0.15, -0.1) is 0 Å². The van der Waals surface area contributed by atoms with Gasteiger partial charge >= 0.3 is 5.97 Å². The Labute approximate surface area is 107 Å². The molecule has 98 valence electrons. The molecule has 1 saturated heterocycles. The molecule has 0 spiro atoms. The average Bonchev–Trinajstić information content (AvgIpc) is 2.38. The minimum atomic E-state index is -0.279. The number of esters is 1. The Bertz CT molecular complexity index is 380. The van der Waals surface area contributed by atoms with E-state index in [4.69, 9.17) is 9.47 Å². The number of piperidine rings is 1. The fourth-order valence-electron chi connectivity index (χ4n) is 2.20. The van der Waals surface area contributed by atoms with Crippen molar-refractivity contribution in [2.24, 2.45) is 0 Å². The van der Waals surface area contributed by atoms with Gasteiger partial charge in [0, 0.05) is 6.42 Å². The molecule has 2 atom stereocenters. The van der Waals surface area contributed by atoms with Crippen molar-refractivity contribution in [3.8, 4) is 5.75 Å². The summed E-state index contributed by atoms with van der Waals surface area (Å²) in [5.74, 6) is 0.416. The zero-order valence-corrected chi connectivity index (χ0v) is 10.7. The molecule has 0 aliphatic carbocycles. The van der Waals surface area contributed by atoms with Crippen LogP contribution in [0.2, 0.25) is 0 Å². The number of carbonyl (C=O) groups is 1. The fourth-order valence-corrected chi connectivity index (χ4v) is 2.20. The Kier molecular flexibility index (Phi) is 4.59. The molecule has 2 rings (SSSR count). The van der Waals surface area contributed by atoms with Gasteiger partial charge in [0.25, 0.3) is 0 Å². The van der Waals surface area contributed by atoms with Gasteiger partial charge in [-0.1, -0.05) is 18.2 Å². The molecular weight excluding hydrogens is 230 g/mol. The summed E-state index contributed by atoms with van der Waals surface area (Å²) in [6.45, 7) is 2.05. The molecule has 0 aromatic heterocycles. The first-order chi connectivity index (χ1) is 8.74. The van der Waals surface area contributed by atoms with Crippen LogP contribution in [-0.2, 0) is 9.53 Å². The molecule has 0 radical (unpaired) electrons. The number of likely N-dealkylation sites (tertiary alicyclic amines) is 1. The molecular formula is C14H20NO3+. The summed E-state index contributed by atoms with van der Waals surface area (Å²) in [6, 6.07) is 9.31. The van der Waals surface area contributed by atoms with Crippen LogP contribution in [0.15, 0.2) is 30.3 Å². The zero-order valence-electron chi connectivity index (χ0n) is 10.7. The summed E-state index contributed by atoms with van der Waals surface area (Å²) in [6.07, 6.45) is 2.13. The highest BCUT2D eigenvalue weighted by molar-refractivity contribution is 5.71. The number of nitrogens with one attached hydrogen (secondary N) is 1. The van der Waals surface area contributed by atoms with Crippen molar-refractivity contribution in [2.75, 3.05) is 26.7 Å². The highest BCUT2D eigenvalue weighted by Crippen LogP contribution is 2.09. The number of hydrogen-bond donors (Lipinski definition) is 1. The zero-order chi connectivity index (χ0) is 12.8. The third-order valence-electron chi connectivity index (χ3n) is 3.10. The fraction of sp³-hybridized carbons (Fsp3) is 0.500. The van der Waals surface area contributed by atoms with Crippen molar-refractivity contribution in [1.29, 1.82) is 0 Å². The summed E-state index contributed by atoms with van der Waals surface area (Å²) in [7, 11) is 2.13. The molecule has 18 heavy (non-hydrogen) atoms. The normalized spacial score (nSPS) is 23.4. The second-order valence-corrected chi connectivity index (χ2v) is 4.77. The van der Waals surface area contributed by atoms with Crippen LogP contribution in [0.4, 0.5) is 0 Å². The Hall–Kier alpha value is -1.55. The standard InChI is InChI=1S/C14H19NO3/c1-15-9-5-8-13(10-15)18-14(16)11-17-12-6-3-2-4-7-12/h2-4,6-7,13H,5,8-11H2,1H3/p+1. The minimum absolute atomic E-state index is 0.0143. The van der Waals surface area contributed by atoms with Crippen LogP contribution >= 0.6 is 0 Å². The van der Waals surface area contributed by atoms with E-state index in [1.165, 1.54) is 4.90 Å². The molecule has 4 heteroatoms. The molecule has 1 aromatic carbocycles. The summed E-state index contributed by atoms with van der Waals surface area (Å²) < 4.78 is 10.8. The van der Waals surface area contributed by atoms with Crippen LogP contribution in [0.5, 0.6) is 5.75 Å². The van der Waals surface area contributed by atoms with Crippen LogP contribution < -0.4 is 9.64 Å². The number of para-hydroxylation sites is 1. The summed E-state index contributed by atoms with van der Waals surface area (Å²) in [5, 5.41) is 0. The van der Waals surface area contributed by atoms with Gasteiger partial charge in [-0.3, -0.25) is 0 Å². The Balaban J connectivity index is 1.72. The first kappa shape index (κ1) is 12.9. The lowest BCUT2D eigenvalue weighted by Gasteiger charge is -2.26. The van der Waals surface area contributed by atoms with Gasteiger partial charge in [-0.25, -0.2) is 4.79 Å². The number of benzene rings is 1. The van der Waals surface area contributed by atoms with E-state index in [9.17, 15) is 4.79 Å². The Morgan fingerprint density at radius 2 is 2.17 bits per heavy atom.